The zero-order valence-corrected chi connectivity index (χ0v) is 18.5. The van der Waals surface area contributed by atoms with Gasteiger partial charge in [0, 0.05) is 5.69 Å². The second-order valence-corrected chi connectivity index (χ2v) is 9.01. The monoisotopic (exact) mass is 428 g/mol. The van der Waals surface area contributed by atoms with Crippen molar-refractivity contribution in [3.8, 4) is 5.75 Å². The van der Waals surface area contributed by atoms with Crippen LogP contribution in [0, 0.1) is 13.8 Å². The van der Waals surface area contributed by atoms with E-state index in [1.807, 2.05) is 70.2 Å². The van der Waals surface area contributed by atoms with Crippen LogP contribution in [0.15, 0.2) is 46.8 Å². The van der Waals surface area contributed by atoms with E-state index in [9.17, 15) is 4.79 Å². The molecule has 6 nitrogen and oxygen atoms in total. The molecule has 2 N–H and O–H groups in total. The molecule has 1 heterocycles. The first-order chi connectivity index (χ1) is 14.0. The van der Waals surface area contributed by atoms with Gasteiger partial charge in [-0.25, -0.2) is 0 Å². The Morgan fingerprint density at radius 2 is 1.86 bits per heavy atom. The van der Waals surface area contributed by atoms with E-state index in [0.717, 1.165) is 32.6 Å². The van der Waals surface area contributed by atoms with Gasteiger partial charge in [-0.05, 0) is 51.0 Å². The first-order valence-electron chi connectivity index (χ1n) is 9.34. The number of hydrogen-bond acceptors (Lipinski definition) is 7. The number of carbonyl (C=O) groups is 1. The maximum atomic E-state index is 12.6. The lowest BCUT2D eigenvalue weighted by molar-refractivity contribution is -0.115. The molecule has 0 aliphatic carbocycles. The normalized spacial score (nSPS) is 11.7. The van der Waals surface area contributed by atoms with Gasteiger partial charge in [0.05, 0.1) is 17.5 Å². The van der Waals surface area contributed by atoms with Crippen molar-refractivity contribution in [1.29, 1.82) is 0 Å². The van der Waals surface area contributed by atoms with Crippen LogP contribution in [0.3, 0.4) is 0 Å². The van der Waals surface area contributed by atoms with Crippen molar-refractivity contribution in [2.45, 2.75) is 37.3 Å². The highest BCUT2D eigenvalue weighted by molar-refractivity contribution is 8.02. The van der Waals surface area contributed by atoms with Gasteiger partial charge in [-0.3, -0.25) is 4.79 Å². The highest BCUT2D eigenvalue weighted by Crippen LogP contribution is 2.33. The average Bonchev–Trinajstić information content (AvgIpc) is 3.13. The second-order valence-electron chi connectivity index (χ2n) is 6.44. The van der Waals surface area contributed by atoms with Gasteiger partial charge in [0.2, 0.25) is 11.0 Å². The third-order valence-electron chi connectivity index (χ3n) is 4.21. The summed E-state index contributed by atoms with van der Waals surface area (Å²) in [6.45, 7) is 8.38. The van der Waals surface area contributed by atoms with Gasteiger partial charge in [0.25, 0.3) is 0 Å². The number of amides is 1. The van der Waals surface area contributed by atoms with Crippen molar-refractivity contribution in [1.82, 2.24) is 10.2 Å². The van der Waals surface area contributed by atoms with Gasteiger partial charge < -0.3 is 15.4 Å². The highest BCUT2D eigenvalue weighted by atomic mass is 32.2. The van der Waals surface area contributed by atoms with Gasteiger partial charge in [0.15, 0.2) is 4.34 Å². The molecule has 1 aromatic heterocycles. The Morgan fingerprint density at radius 3 is 2.59 bits per heavy atom. The maximum Gasteiger partial charge on any atom is 0.237 e. The number of nitrogens with zero attached hydrogens (tertiary/aromatic N) is 2. The lowest BCUT2D eigenvalue weighted by Gasteiger charge is -2.14. The minimum Gasteiger partial charge on any atom is -0.492 e. The molecule has 8 heteroatoms. The Labute approximate surface area is 179 Å². The molecule has 0 bridgehead atoms. The van der Waals surface area contributed by atoms with Crippen LogP contribution in [-0.4, -0.2) is 28.0 Å². The van der Waals surface area contributed by atoms with E-state index >= 15 is 0 Å². The molecule has 3 rings (SSSR count). The Balaban J connectivity index is 1.63. The average molecular weight is 429 g/mol. The van der Waals surface area contributed by atoms with E-state index < -0.39 is 0 Å². The van der Waals surface area contributed by atoms with Gasteiger partial charge in [-0.1, -0.05) is 53.4 Å². The Hall–Kier alpha value is -2.58. The molecular formula is C21H24N4O2S2. The molecule has 0 spiro atoms. The van der Waals surface area contributed by atoms with Crippen LogP contribution in [0.25, 0.3) is 0 Å². The number of aromatic nitrogens is 2. The summed E-state index contributed by atoms with van der Waals surface area (Å²) in [4.78, 5) is 12.6. The number of hydrogen-bond donors (Lipinski definition) is 2. The summed E-state index contributed by atoms with van der Waals surface area (Å²) in [5, 5.41) is 15.0. The third-order valence-corrected chi connectivity index (χ3v) is 6.23. The molecule has 0 radical (unpaired) electrons. The number of ether oxygens (including phenoxy) is 1. The fraction of sp³-hybridized carbons (Fsp3) is 0.286. The number of benzene rings is 2. The lowest BCUT2D eigenvalue weighted by atomic mass is 10.1. The van der Waals surface area contributed by atoms with Crippen LogP contribution < -0.4 is 15.4 Å². The summed E-state index contributed by atoms with van der Waals surface area (Å²) in [6.07, 6.45) is 0. The van der Waals surface area contributed by atoms with Gasteiger partial charge >= 0.3 is 0 Å². The molecule has 1 unspecified atom stereocenters. The smallest absolute Gasteiger partial charge is 0.237 e. The number of para-hydroxylation sites is 3. The highest BCUT2D eigenvalue weighted by Gasteiger charge is 2.19. The number of nitrogens with one attached hydrogen (secondary N) is 2. The van der Waals surface area contributed by atoms with Crippen LogP contribution >= 0.6 is 23.1 Å². The molecule has 152 valence electrons. The number of thioether (sulfide) groups is 1. The SMILES string of the molecule is CCOc1ccccc1Nc1nnc(SC(C)C(=O)Nc2c(C)cccc2C)s1. The van der Waals surface area contributed by atoms with Gasteiger partial charge in [-0.15, -0.1) is 10.2 Å². The van der Waals surface area contributed by atoms with Crippen molar-refractivity contribution >= 4 is 45.5 Å². The summed E-state index contributed by atoms with van der Waals surface area (Å²) in [6, 6.07) is 13.7. The van der Waals surface area contributed by atoms with Crippen LogP contribution in [-0.2, 0) is 4.79 Å². The van der Waals surface area contributed by atoms with E-state index in [4.69, 9.17) is 4.74 Å². The van der Waals surface area contributed by atoms with Crippen molar-refractivity contribution in [3.63, 3.8) is 0 Å². The number of rotatable bonds is 8. The summed E-state index contributed by atoms with van der Waals surface area (Å²) in [7, 11) is 0. The number of anilines is 3. The number of aryl methyl sites for hydroxylation is 2. The molecule has 29 heavy (non-hydrogen) atoms. The van der Waals surface area contributed by atoms with E-state index in [1.165, 1.54) is 23.1 Å². The minimum atomic E-state index is -0.300. The van der Waals surface area contributed by atoms with E-state index in [-0.39, 0.29) is 11.2 Å². The first kappa shape index (κ1) is 21.1. The third kappa shape index (κ3) is 5.48. The summed E-state index contributed by atoms with van der Waals surface area (Å²) in [5.41, 5.74) is 3.80. The fourth-order valence-corrected chi connectivity index (χ4v) is 4.62. The van der Waals surface area contributed by atoms with Crippen molar-refractivity contribution in [2.24, 2.45) is 0 Å². The predicted molar refractivity (Wildman–Crippen MR) is 121 cm³/mol. The summed E-state index contributed by atoms with van der Waals surface area (Å²) < 4.78 is 6.35. The zero-order chi connectivity index (χ0) is 20.8. The molecule has 0 fully saturated rings. The molecule has 3 aromatic rings. The van der Waals surface area contributed by atoms with Crippen molar-refractivity contribution in [2.75, 3.05) is 17.2 Å². The largest absolute Gasteiger partial charge is 0.492 e. The van der Waals surface area contributed by atoms with Crippen molar-refractivity contribution < 1.29 is 9.53 Å². The van der Waals surface area contributed by atoms with Crippen LogP contribution in [0.1, 0.15) is 25.0 Å². The molecule has 0 aliphatic rings. The minimum absolute atomic E-state index is 0.0567. The Bertz CT molecular complexity index is 970. The Kier molecular flexibility index (Phi) is 7.11. The molecular weight excluding hydrogens is 404 g/mol. The lowest BCUT2D eigenvalue weighted by Crippen LogP contribution is -2.23. The standard InChI is InChI=1S/C21H24N4O2S2/c1-5-27-17-12-7-6-11-16(17)22-20-24-25-21(29-20)28-15(4)19(26)23-18-13(2)9-8-10-14(18)3/h6-12,15H,5H2,1-4H3,(H,22,24)(H,23,26). The maximum absolute atomic E-state index is 12.6. The van der Waals surface area contributed by atoms with Crippen LogP contribution in [0.5, 0.6) is 5.75 Å². The number of carbonyl (C=O) groups excluding carboxylic acids is 1. The van der Waals surface area contributed by atoms with Crippen LogP contribution in [0.2, 0.25) is 0 Å². The van der Waals surface area contributed by atoms with Crippen LogP contribution in [0.4, 0.5) is 16.5 Å². The molecule has 1 amide bonds. The summed E-state index contributed by atoms with van der Waals surface area (Å²) in [5.74, 6) is 0.708. The molecule has 1 atom stereocenters. The van der Waals surface area contributed by atoms with Gasteiger partial charge in [0.1, 0.15) is 5.75 Å². The first-order valence-corrected chi connectivity index (χ1v) is 11.0. The summed E-state index contributed by atoms with van der Waals surface area (Å²) >= 11 is 2.80. The molecule has 0 saturated heterocycles. The van der Waals surface area contributed by atoms with E-state index in [1.54, 1.807) is 0 Å². The van der Waals surface area contributed by atoms with E-state index in [2.05, 4.69) is 20.8 Å². The topological polar surface area (TPSA) is 76.1 Å². The zero-order valence-electron chi connectivity index (χ0n) is 16.9. The van der Waals surface area contributed by atoms with Crippen molar-refractivity contribution in [3.05, 3.63) is 53.6 Å². The quantitative estimate of drug-likeness (QED) is 0.467. The molecule has 2 aromatic carbocycles. The van der Waals surface area contributed by atoms with E-state index in [0.29, 0.717) is 11.7 Å². The second kappa shape index (κ2) is 9.76. The fourth-order valence-electron chi connectivity index (χ4n) is 2.72. The molecule has 0 saturated carbocycles. The molecule has 0 aliphatic heterocycles. The Morgan fingerprint density at radius 1 is 1.14 bits per heavy atom. The predicted octanol–water partition coefficient (Wildman–Crippen LogP) is 5.42. The van der Waals surface area contributed by atoms with Gasteiger partial charge in [-0.2, -0.15) is 0 Å².